The molecule has 0 aliphatic rings. The Hall–Kier alpha value is -7.36. The Bertz CT molecular complexity index is 3190. The van der Waals surface area contributed by atoms with E-state index in [1.54, 1.807) is 0 Å². The van der Waals surface area contributed by atoms with Gasteiger partial charge in [0.2, 0.25) is 0 Å². The number of rotatable bonds is 6. The number of anilines is 3. The molecule has 0 bridgehead atoms. The van der Waals surface area contributed by atoms with Crippen LogP contribution in [0.3, 0.4) is 0 Å². The SMILES string of the molecule is c1ccc(-c2ccc(-c3ccc(N(c4ccc5c(c4)oc4ccccc45)c4ccc(-c5ccc6ccccc6c5)c5oc6ccccc6c45)cc3)cc2)cc1. The third kappa shape index (κ3) is 5.28. The smallest absolute Gasteiger partial charge is 0.145 e. The van der Waals surface area contributed by atoms with E-state index in [0.717, 1.165) is 77.6 Å². The van der Waals surface area contributed by atoms with Gasteiger partial charge in [-0.1, -0.05) is 140 Å². The molecule has 258 valence electrons. The lowest BCUT2D eigenvalue weighted by atomic mass is 9.97. The molecule has 0 fully saturated rings. The van der Waals surface area contributed by atoms with Gasteiger partial charge in [-0.25, -0.2) is 0 Å². The van der Waals surface area contributed by atoms with Crippen LogP contribution in [-0.2, 0) is 0 Å². The van der Waals surface area contributed by atoms with Gasteiger partial charge in [0.15, 0.2) is 0 Å². The first kappa shape index (κ1) is 31.2. The molecule has 11 aromatic rings. The van der Waals surface area contributed by atoms with Crippen molar-refractivity contribution >= 4 is 71.7 Å². The summed E-state index contributed by atoms with van der Waals surface area (Å²) in [6, 6.07) is 70.9. The lowest BCUT2D eigenvalue weighted by Crippen LogP contribution is -2.10. The van der Waals surface area contributed by atoms with E-state index in [1.807, 2.05) is 18.2 Å². The zero-order valence-corrected chi connectivity index (χ0v) is 29.8. The van der Waals surface area contributed by atoms with Crippen molar-refractivity contribution in [3.05, 3.63) is 200 Å². The molecule has 0 aliphatic carbocycles. The van der Waals surface area contributed by atoms with Gasteiger partial charge < -0.3 is 13.7 Å². The van der Waals surface area contributed by atoms with Crippen molar-refractivity contribution < 1.29 is 8.83 Å². The Labute approximate surface area is 317 Å². The predicted molar refractivity (Wildman–Crippen MR) is 229 cm³/mol. The van der Waals surface area contributed by atoms with Gasteiger partial charge in [0.25, 0.3) is 0 Å². The van der Waals surface area contributed by atoms with Crippen LogP contribution in [0.15, 0.2) is 209 Å². The summed E-state index contributed by atoms with van der Waals surface area (Å²) in [5.74, 6) is 0. The molecule has 0 radical (unpaired) electrons. The van der Waals surface area contributed by atoms with E-state index in [2.05, 4.69) is 187 Å². The van der Waals surface area contributed by atoms with Crippen LogP contribution in [0, 0.1) is 0 Å². The fourth-order valence-electron chi connectivity index (χ4n) is 8.15. The third-order valence-electron chi connectivity index (χ3n) is 10.9. The molecule has 2 aromatic heterocycles. The number of hydrogen-bond donors (Lipinski definition) is 0. The van der Waals surface area contributed by atoms with E-state index in [1.165, 1.54) is 27.5 Å². The van der Waals surface area contributed by atoms with Crippen molar-refractivity contribution in [3.8, 4) is 33.4 Å². The highest BCUT2D eigenvalue weighted by molar-refractivity contribution is 6.17. The minimum absolute atomic E-state index is 0.847. The number of fused-ring (bicyclic) bond motifs is 7. The lowest BCUT2D eigenvalue weighted by Gasteiger charge is -2.27. The fourth-order valence-corrected chi connectivity index (χ4v) is 8.15. The number of furan rings is 2. The van der Waals surface area contributed by atoms with Gasteiger partial charge in [0, 0.05) is 39.2 Å². The van der Waals surface area contributed by atoms with Crippen LogP contribution in [0.4, 0.5) is 17.1 Å². The minimum atomic E-state index is 0.847. The maximum absolute atomic E-state index is 6.80. The molecule has 55 heavy (non-hydrogen) atoms. The van der Waals surface area contributed by atoms with Crippen molar-refractivity contribution in [2.45, 2.75) is 0 Å². The van der Waals surface area contributed by atoms with Gasteiger partial charge in [0.1, 0.15) is 22.3 Å². The van der Waals surface area contributed by atoms with Crippen LogP contribution in [0.1, 0.15) is 0 Å². The summed E-state index contributed by atoms with van der Waals surface area (Å²) in [4.78, 5) is 2.34. The Balaban J connectivity index is 1.10. The molecule has 0 unspecified atom stereocenters. The molecule has 0 atom stereocenters. The highest BCUT2D eigenvalue weighted by atomic mass is 16.3. The summed E-state index contributed by atoms with van der Waals surface area (Å²) in [5.41, 5.74) is 13.4. The molecular weight excluding hydrogens is 671 g/mol. The number of nitrogens with zero attached hydrogens (tertiary/aromatic N) is 1. The van der Waals surface area contributed by atoms with Gasteiger partial charge in [0.05, 0.1) is 11.1 Å². The largest absolute Gasteiger partial charge is 0.456 e. The molecule has 3 nitrogen and oxygen atoms in total. The van der Waals surface area contributed by atoms with E-state index in [9.17, 15) is 0 Å². The van der Waals surface area contributed by atoms with E-state index in [-0.39, 0.29) is 0 Å². The van der Waals surface area contributed by atoms with Crippen molar-refractivity contribution in [3.63, 3.8) is 0 Å². The molecule has 0 spiro atoms. The summed E-state index contributed by atoms with van der Waals surface area (Å²) < 4.78 is 13.2. The van der Waals surface area contributed by atoms with Crippen molar-refractivity contribution in [2.24, 2.45) is 0 Å². The van der Waals surface area contributed by atoms with Crippen LogP contribution >= 0.6 is 0 Å². The first-order valence-electron chi connectivity index (χ1n) is 18.7. The van der Waals surface area contributed by atoms with Gasteiger partial charge >= 0.3 is 0 Å². The van der Waals surface area contributed by atoms with Gasteiger partial charge in [-0.2, -0.15) is 0 Å². The van der Waals surface area contributed by atoms with Crippen LogP contribution < -0.4 is 4.90 Å². The molecule has 2 heterocycles. The standard InChI is InChI=1S/C52H33NO2/c1-2-10-34(11-3-1)36-18-20-37(21-19-36)38-24-26-41(27-25-38)53(42-28-29-45-44-14-6-8-16-48(44)54-50(45)33-42)47-31-30-43(40-23-22-35-12-4-5-13-39(35)32-40)52-51(47)46-15-7-9-17-49(46)55-52/h1-33H. The number of para-hydroxylation sites is 2. The molecule has 0 aliphatic heterocycles. The molecule has 0 saturated heterocycles. The van der Waals surface area contributed by atoms with Crippen molar-refractivity contribution in [1.29, 1.82) is 0 Å². The lowest BCUT2D eigenvalue weighted by molar-refractivity contribution is 0.669. The number of benzene rings is 9. The molecular formula is C52H33NO2. The van der Waals surface area contributed by atoms with E-state index in [0.29, 0.717) is 0 Å². The second kappa shape index (κ2) is 12.6. The summed E-state index contributed by atoms with van der Waals surface area (Å²) in [6.45, 7) is 0. The Morgan fingerprint density at radius 3 is 1.65 bits per heavy atom. The van der Waals surface area contributed by atoms with E-state index < -0.39 is 0 Å². The summed E-state index contributed by atoms with van der Waals surface area (Å²) in [5, 5.41) is 6.75. The first-order valence-corrected chi connectivity index (χ1v) is 18.7. The topological polar surface area (TPSA) is 29.5 Å². The summed E-state index contributed by atoms with van der Waals surface area (Å²) in [7, 11) is 0. The molecule has 0 saturated carbocycles. The minimum Gasteiger partial charge on any atom is -0.456 e. The zero-order chi connectivity index (χ0) is 36.3. The summed E-state index contributed by atoms with van der Waals surface area (Å²) >= 11 is 0. The molecule has 0 N–H and O–H groups in total. The van der Waals surface area contributed by atoms with Crippen LogP contribution in [-0.4, -0.2) is 0 Å². The normalized spacial score (nSPS) is 11.6. The Morgan fingerprint density at radius 1 is 0.327 bits per heavy atom. The van der Waals surface area contributed by atoms with Gasteiger partial charge in [-0.3, -0.25) is 0 Å². The average molecular weight is 704 g/mol. The van der Waals surface area contributed by atoms with Crippen molar-refractivity contribution in [2.75, 3.05) is 4.90 Å². The number of hydrogen-bond acceptors (Lipinski definition) is 3. The Kier molecular flexibility index (Phi) is 7.17. The Morgan fingerprint density at radius 2 is 0.891 bits per heavy atom. The average Bonchev–Trinajstić information content (AvgIpc) is 3.83. The van der Waals surface area contributed by atoms with Gasteiger partial charge in [-0.05, 0) is 93.2 Å². The maximum Gasteiger partial charge on any atom is 0.145 e. The fraction of sp³-hybridized carbons (Fsp3) is 0. The molecule has 0 amide bonds. The second-order valence-corrected chi connectivity index (χ2v) is 14.1. The monoisotopic (exact) mass is 703 g/mol. The van der Waals surface area contributed by atoms with Crippen molar-refractivity contribution in [1.82, 2.24) is 0 Å². The molecule has 11 rings (SSSR count). The van der Waals surface area contributed by atoms with Crippen LogP contribution in [0.2, 0.25) is 0 Å². The second-order valence-electron chi connectivity index (χ2n) is 14.1. The molecule has 9 aromatic carbocycles. The van der Waals surface area contributed by atoms with Gasteiger partial charge in [-0.15, -0.1) is 0 Å². The summed E-state index contributed by atoms with van der Waals surface area (Å²) in [6.07, 6.45) is 0. The first-order chi connectivity index (χ1) is 27.2. The van der Waals surface area contributed by atoms with E-state index in [4.69, 9.17) is 8.83 Å². The van der Waals surface area contributed by atoms with E-state index >= 15 is 0 Å². The highest BCUT2D eigenvalue weighted by Crippen LogP contribution is 2.47. The van der Waals surface area contributed by atoms with Crippen LogP contribution in [0.5, 0.6) is 0 Å². The molecule has 3 heteroatoms. The zero-order valence-electron chi connectivity index (χ0n) is 29.8. The quantitative estimate of drug-likeness (QED) is 0.173. The maximum atomic E-state index is 6.80. The van der Waals surface area contributed by atoms with Crippen LogP contribution in [0.25, 0.3) is 88.0 Å². The third-order valence-corrected chi connectivity index (χ3v) is 10.9. The highest BCUT2D eigenvalue weighted by Gasteiger charge is 2.23. The predicted octanol–water partition coefficient (Wildman–Crippen LogP) is 15.1.